The van der Waals surface area contributed by atoms with E-state index in [4.69, 9.17) is 10.4 Å². The van der Waals surface area contributed by atoms with Crippen molar-refractivity contribution in [3.8, 4) is 0 Å². The molecule has 0 unspecified atom stereocenters. The van der Waals surface area contributed by atoms with Crippen LogP contribution >= 0.6 is 0 Å². The molecule has 0 fully saturated rings. The number of nitrogens with one attached hydrogen (secondary N) is 1. The van der Waals surface area contributed by atoms with Crippen LogP contribution in [-0.2, 0) is 0 Å². The van der Waals surface area contributed by atoms with Crippen LogP contribution in [0, 0.1) is 0 Å². The Bertz CT molecular complexity index is 306. The molecule has 1 amide bonds. The summed E-state index contributed by atoms with van der Waals surface area (Å²) < 4.78 is 4.15. The summed E-state index contributed by atoms with van der Waals surface area (Å²) in [5.41, 5.74) is 0.974. The van der Waals surface area contributed by atoms with Crippen molar-refractivity contribution in [2.75, 3.05) is 0 Å². The van der Waals surface area contributed by atoms with Gasteiger partial charge in [-0.15, -0.1) is 0 Å². The molecule has 0 saturated heterocycles. The highest BCUT2D eigenvalue weighted by molar-refractivity contribution is 5.98. The van der Waals surface area contributed by atoms with Crippen molar-refractivity contribution in [3.63, 3.8) is 0 Å². The SMILES string of the molecule is O=C(NO)c1nonc1C=NO. The molecular weight excluding hydrogens is 168 g/mol. The zero-order chi connectivity index (χ0) is 8.97. The molecule has 0 aliphatic heterocycles. The van der Waals surface area contributed by atoms with E-state index in [9.17, 15) is 4.79 Å². The van der Waals surface area contributed by atoms with Crippen molar-refractivity contribution in [3.05, 3.63) is 11.4 Å². The highest BCUT2D eigenvalue weighted by Crippen LogP contribution is 1.98. The topological polar surface area (TPSA) is 121 Å². The van der Waals surface area contributed by atoms with Gasteiger partial charge in [0.2, 0.25) is 5.69 Å². The molecule has 1 heterocycles. The predicted octanol–water partition coefficient (Wildman–Crippen LogP) is -1.00. The van der Waals surface area contributed by atoms with Crippen LogP contribution < -0.4 is 5.48 Å². The molecule has 3 N–H and O–H groups in total. The van der Waals surface area contributed by atoms with Crippen LogP contribution in [0.1, 0.15) is 16.2 Å². The Morgan fingerprint density at radius 1 is 1.67 bits per heavy atom. The van der Waals surface area contributed by atoms with E-state index in [1.54, 1.807) is 0 Å². The van der Waals surface area contributed by atoms with Gasteiger partial charge in [-0.25, -0.2) is 10.1 Å². The minimum Gasteiger partial charge on any atom is -0.411 e. The number of nitrogens with zero attached hydrogens (tertiary/aromatic N) is 3. The quantitative estimate of drug-likeness (QED) is 0.227. The van der Waals surface area contributed by atoms with Gasteiger partial charge in [-0.2, -0.15) is 0 Å². The second-order valence-corrected chi connectivity index (χ2v) is 1.68. The predicted molar refractivity (Wildman–Crippen MR) is 32.9 cm³/mol. The van der Waals surface area contributed by atoms with E-state index >= 15 is 0 Å². The Morgan fingerprint density at radius 2 is 2.42 bits per heavy atom. The van der Waals surface area contributed by atoms with Crippen LogP contribution in [0.3, 0.4) is 0 Å². The number of oxime groups is 1. The first-order valence-corrected chi connectivity index (χ1v) is 2.74. The van der Waals surface area contributed by atoms with Gasteiger partial charge in [0.25, 0.3) is 5.91 Å². The molecular formula is C4H4N4O4. The summed E-state index contributed by atoms with van der Waals surface area (Å²) in [6.45, 7) is 0. The van der Waals surface area contributed by atoms with Gasteiger partial charge in [-0.1, -0.05) is 5.16 Å². The number of hydroxylamine groups is 1. The highest BCUT2D eigenvalue weighted by atomic mass is 16.6. The zero-order valence-electron chi connectivity index (χ0n) is 5.63. The van der Waals surface area contributed by atoms with E-state index in [2.05, 4.69) is 20.1 Å². The first kappa shape index (κ1) is 8.14. The number of carbonyl (C=O) groups excluding carboxylic acids is 1. The summed E-state index contributed by atoms with van der Waals surface area (Å²) >= 11 is 0. The lowest BCUT2D eigenvalue weighted by Gasteiger charge is -1.89. The fourth-order valence-electron chi connectivity index (χ4n) is 0.545. The summed E-state index contributed by atoms with van der Waals surface area (Å²) in [6.07, 6.45) is 0.848. The number of aromatic nitrogens is 2. The lowest BCUT2D eigenvalue weighted by Crippen LogP contribution is -2.20. The lowest BCUT2D eigenvalue weighted by atomic mass is 10.3. The van der Waals surface area contributed by atoms with Gasteiger partial charge in [-0.05, 0) is 10.3 Å². The molecule has 0 aliphatic carbocycles. The summed E-state index contributed by atoms with van der Waals surface area (Å²) in [7, 11) is 0. The van der Waals surface area contributed by atoms with Crippen LogP contribution in [-0.4, -0.2) is 32.8 Å². The van der Waals surface area contributed by atoms with Crippen molar-refractivity contribution in [1.29, 1.82) is 0 Å². The Morgan fingerprint density at radius 3 is 3.00 bits per heavy atom. The average molecular weight is 172 g/mol. The van der Waals surface area contributed by atoms with E-state index in [0.29, 0.717) is 0 Å². The second-order valence-electron chi connectivity index (χ2n) is 1.68. The summed E-state index contributed by atoms with van der Waals surface area (Å²) in [6, 6.07) is 0. The molecule has 0 spiro atoms. The normalized spacial score (nSPS) is 10.4. The van der Waals surface area contributed by atoms with Gasteiger partial charge < -0.3 is 5.21 Å². The van der Waals surface area contributed by atoms with E-state index < -0.39 is 5.91 Å². The third-order valence-electron chi connectivity index (χ3n) is 1.01. The monoisotopic (exact) mass is 172 g/mol. The molecule has 1 rings (SSSR count). The van der Waals surface area contributed by atoms with E-state index in [1.165, 1.54) is 5.48 Å². The van der Waals surface area contributed by atoms with Crippen LogP contribution in [0.15, 0.2) is 9.78 Å². The lowest BCUT2D eigenvalue weighted by molar-refractivity contribution is 0.0695. The van der Waals surface area contributed by atoms with Gasteiger partial charge in [0, 0.05) is 0 Å². The third-order valence-corrected chi connectivity index (χ3v) is 1.01. The van der Waals surface area contributed by atoms with E-state index in [0.717, 1.165) is 6.21 Å². The molecule has 0 aromatic carbocycles. The van der Waals surface area contributed by atoms with Crippen molar-refractivity contribution in [2.24, 2.45) is 5.16 Å². The minimum atomic E-state index is -0.897. The molecule has 0 aliphatic rings. The smallest absolute Gasteiger partial charge is 0.299 e. The van der Waals surface area contributed by atoms with Gasteiger partial charge in [0.05, 0.1) is 6.21 Å². The van der Waals surface area contributed by atoms with Crippen molar-refractivity contribution in [2.45, 2.75) is 0 Å². The first-order chi connectivity index (χ1) is 5.79. The van der Waals surface area contributed by atoms with Gasteiger partial charge >= 0.3 is 0 Å². The number of hydrogen-bond donors (Lipinski definition) is 3. The number of amides is 1. The standard InChI is InChI=1S/C4H4N4O4/c9-4(6-11)3-2(1-5-10)7-12-8-3/h1,10-11H,(H,6,9). The molecule has 64 valence electrons. The van der Waals surface area contributed by atoms with Crippen LogP contribution in [0.5, 0.6) is 0 Å². The summed E-state index contributed by atoms with van der Waals surface area (Å²) in [5, 5.41) is 25.2. The average Bonchev–Trinajstić information content (AvgIpc) is 2.52. The number of hydrogen-bond acceptors (Lipinski definition) is 7. The molecule has 0 atom stereocenters. The minimum absolute atomic E-state index is 0.0796. The summed E-state index contributed by atoms with van der Waals surface area (Å²) in [5.74, 6) is -0.897. The Kier molecular flexibility index (Phi) is 2.33. The number of carbonyl (C=O) groups is 1. The maximum absolute atomic E-state index is 10.7. The highest BCUT2D eigenvalue weighted by Gasteiger charge is 2.15. The van der Waals surface area contributed by atoms with Crippen LogP contribution in [0.25, 0.3) is 0 Å². The van der Waals surface area contributed by atoms with Crippen molar-refractivity contribution in [1.82, 2.24) is 15.8 Å². The molecule has 8 nitrogen and oxygen atoms in total. The Balaban J connectivity index is 2.98. The third kappa shape index (κ3) is 1.37. The van der Waals surface area contributed by atoms with E-state index in [1.807, 2.05) is 0 Å². The Hall–Kier alpha value is -1.96. The molecule has 1 aromatic rings. The largest absolute Gasteiger partial charge is 0.411 e. The van der Waals surface area contributed by atoms with E-state index in [-0.39, 0.29) is 11.4 Å². The Labute approximate surface area is 65.4 Å². The van der Waals surface area contributed by atoms with Gasteiger partial charge in [0.1, 0.15) is 0 Å². The van der Waals surface area contributed by atoms with Gasteiger partial charge in [-0.3, -0.25) is 10.0 Å². The van der Waals surface area contributed by atoms with Crippen LogP contribution in [0.4, 0.5) is 0 Å². The second kappa shape index (κ2) is 3.44. The van der Waals surface area contributed by atoms with Crippen molar-refractivity contribution >= 4 is 12.1 Å². The molecule has 0 saturated carbocycles. The summed E-state index contributed by atoms with van der Waals surface area (Å²) in [4.78, 5) is 10.7. The van der Waals surface area contributed by atoms with Crippen LogP contribution in [0.2, 0.25) is 0 Å². The first-order valence-electron chi connectivity index (χ1n) is 2.74. The van der Waals surface area contributed by atoms with Crippen molar-refractivity contribution < 1.29 is 19.8 Å². The molecule has 0 radical (unpaired) electrons. The van der Waals surface area contributed by atoms with Gasteiger partial charge in [0.15, 0.2) is 5.69 Å². The fourth-order valence-corrected chi connectivity index (χ4v) is 0.545. The molecule has 1 aromatic heterocycles. The molecule has 0 bridgehead atoms. The number of rotatable bonds is 2. The fraction of sp³-hybridized carbons (Fsp3) is 0. The zero-order valence-corrected chi connectivity index (χ0v) is 5.63. The maximum atomic E-state index is 10.7. The maximum Gasteiger partial charge on any atom is 0.299 e. The molecule has 8 heteroatoms. The molecule has 12 heavy (non-hydrogen) atoms.